The lowest BCUT2D eigenvalue weighted by molar-refractivity contribution is -0.131. The van der Waals surface area contributed by atoms with Gasteiger partial charge in [0.15, 0.2) is 0 Å². The second kappa shape index (κ2) is 9.80. The van der Waals surface area contributed by atoms with Gasteiger partial charge in [0.2, 0.25) is 5.91 Å². The molecule has 1 aliphatic rings. The Morgan fingerprint density at radius 2 is 2.07 bits per heavy atom. The van der Waals surface area contributed by atoms with Gasteiger partial charge in [0.05, 0.1) is 6.54 Å². The fraction of sp³-hybridized carbons (Fsp3) is 0.435. The lowest BCUT2D eigenvalue weighted by Gasteiger charge is -2.23. The summed E-state index contributed by atoms with van der Waals surface area (Å²) in [5.74, 6) is 0.975. The second-order valence-corrected chi connectivity index (χ2v) is 7.95. The number of nitrogens with zero attached hydrogens (tertiary/aromatic N) is 2. The van der Waals surface area contributed by atoms with E-state index in [0.717, 1.165) is 35.2 Å². The zero-order valence-corrected chi connectivity index (χ0v) is 16.7. The monoisotopic (exact) mass is 384 g/mol. The molecule has 0 bridgehead atoms. The van der Waals surface area contributed by atoms with E-state index in [2.05, 4.69) is 29.5 Å². The van der Waals surface area contributed by atoms with Crippen molar-refractivity contribution in [3.63, 3.8) is 0 Å². The highest BCUT2D eigenvalue weighted by atomic mass is 35.5. The predicted octanol–water partition coefficient (Wildman–Crippen LogP) is 5.67. The van der Waals surface area contributed by atoms with Gasteiger partial charge in [-0.1, -0.05) is 55.5 Å². The van der Waals surface area contributed by atoms with Gasteiger partial charge in [0.1, 0.15) is 0 Å². The van der Waals surface area contributed by atoms with Gasteiger partial charge in [-0.3, -0.25) is 4.79 Å². The highest BCUT2D eigenvalue weighted by Gasteiger charge is 2.19. The van der Waals surface area contributed by atoms with E-state index in [9.17, 15) is 4.79 Å². The molecule has 3 rings (SSSR count). The van der Waals surface area contributed by atoms with Crippen molar-refractivity contribution < 1.29 is 4.79 Å². The summed E-state index contributed by atoms with van der Waals surface area (Å²) in [5.41, 5.74) is 2.29. The molecule has 0 radical (unpaired) electrons. The van der Waals surface area contributed by atoms with Gasteiger partial charge in [-0.25, -0.2) is 0 Å². The van der Waals surface area contributed by atoms with Crippen LogP contribution in [0.2, 0.25) is 5.02 Å². The fourth-order valence-electron chi connectivity index (χ4n) is 3.97. The van der Waals surface area contributed by atoms with Crippen molar-refractivity contribution in [1.82, 2.24) is 9.47 Å². The molecule has 1 aliphatic carbocycles. The summed E-state index contributed by atoms with van der Waals surface area (Å²) in [6.45, 7) is 5.79. The minimum absolute atomic E-state index is 0.234. The largest absolute Gasteiger partial charge is 0.345 e. The van der Waals surface area contributed by atoms with Gasteiger partial charge < -0.3 is 9.47 Å². The maximum Gasteiger partial charge on any atom is 0.223 e. The van der Waals surface area contributed by atoms with Gasteiger partial charge >= 0.3 is 0 Å². The summed E-state index contributed by atoms with van der Waals surface area (Å²) < 4.78 is 2.19. The Balaban J connectivity index is 1.63. The van der Waals surface area contributed by atoms with E-state index in [1.807, 2.05) is 35.2 Å². The number of rotatable bonds is 9. The van der Waals surface area contributed by atoms with Crippen molar-refractivity contribution in [3.05, 3.63) is 71.5 Å². The minimum Gasteiger partial charge on any atom is -0.345 e. The fourth-order valence-corrected chi connectivity index (χ4v) is 4.18. The highest BCUT2D eigenvalue weighted by molar-refractivity contribution is 6.30. The van der Waals surface area contributed by atoms with Gasteiger partial charge in [-0.2, -0.15) is 0 Å². The van der Waals surface area contributed by atoms with E-state index in [1.165, 1.54) is 25.7 Å². The number of hydrogen-bond donors (Lipinski definition) is 0. The summed E-state index contributed by atoms with van der Waals surface area (Å²) in [7, 11) is 0. The average molecular weight is 385 g/mol. The van der Waals surface area contributed by atoms with Crippen LogP contribution >= 0.6 is 11.6 Å². The first-order valence-electron chi connectivity index (χ1n) is 9.93. The van der Waals surface area contributed by atoms with E-state index in [-0.39, 0.29) is 5.91 Å². The smallest absolute Gasteiger partial charge is 0.223 e. The first-order valence-corrected chi connectivity index (χ1v) is 10.3. The van der Waals surface area contributed by atoms with Crippen LogP contribution in [0.15, 0.2) is 55.3 Å². The Bertz CT molecular complexity index is 761. The number of carbonyl (C=O) groups excluding carboxylic acids is 1. The molecule has 1 fully saturated rings. The maximum absolute atomic E-state index is 12.8. The van der Waals surface area contributed by atoms with Gasteiger partial charge in [0, 0.05) is 36.4 Å². The van der Waals surface area contributed by atoms with Gasteiger partial charge in [0.25, 0.3) is 0 Å². The molecule has 1 aromatic heterocycles. The molecule has 1 heterocycles. The van der Waals surface area contributed by atoms with Crippen molar-refractivity contribution in [2.45, 2.75) is 51.6 Å². The van der Waals surface area contributed by atoms with Crippen molar-refractivity contribution in [2.24, 2.45) is 5.92 Å². The molecule has 3 nitrogen and oxygen atoms in total. The zero-order valence-electron chi connectivity index (χ0n) is 15.9. The first kappa shape index (κ1) is 19.8. The van der Waals surface area contributed by atoms with Crippen LogP contribution in [0.4, 0.5) is 0 Å². The van der Waals surface area contributed by atoms with Crippen molar-refractivity contribution >= 4 is 17.5 Å². The maximum atomic E-state index is 12.8. The topological polar surface area (TPSA) is 25.2 Å². The van der Waals surface area contributed by atoms with E-state index in [0.29, 0.717) is 19.5 Å². The van der Waals surface area contributed by atoms with Crippen molar-refractivity contribution in [1.29, 1.82) is 0 Å². The molecule has 0 saturated heterocycles. The first-order chi connectivity index (χ1) is 13.2. The molecule has 4 heteroatoms. The number of hydrogen-bond acceptors (Lipinski definition) is 1. The Hall–Kier alpha value is -2.00. The van der Waals surface area contributed by atoms with Crippen LogP contribution in [0.5, 0.6) is 0 Å². The van der Waals surface area contributed by atoms with Gasteiger partial charge in [-0.15, -0.1) is 6.58 Å². The Morgan fingerprint density at radius 1 is 1.26 bits per heavy atom. The minimum atomic E-state index is 0.234. The summed E-state index contributed by atoms with van der Waals surface area (Å²) in [6, 6.07) is 12.0. The molecular weight excluding hydrogens is 356 g/mol. The molecule has 0 unspecified atom stereocenters. The molecule has 0 spiro atoms. The molecule has 0 aliphatic heterocycles. The van der Waals surface area contributed by atoms with Crippen LogP contribution in [0.3, 0.4) is 0 Å². The SMILES string of the molecule is C=CCN(Cc1cccn1Cc1cccc(Cl)c1)C(=O)CCC1CCCC1. The zero-order chi connectivity index (χ0) is 19.1. The molecule has 144 valence electrons. The van der Waals surface area contributed by atoms with E-state index in [1.54, 1.807) is 0 Å². The summed E-state index contributed by atoms with van der Waals surface area (Å²) in [6.07, 6.45) is 10.8. The molecule has 1 saturated carbocycles. The summed E-state index contributed by atoms with van der Waals surface area (Å²) in [5, 5.41) is 0.747. The molecular formula is C23H29ClN2O. The Morgan fingerprint density at radius 3 is 2.81 bits per heavy atom. The van der Waals surface area contributed by atoms with Crippen LogP contribution < -0.4 is 0 Å². The quantitative estimate of drug-likeness (QED) is 0.511. The van der Waals surface area contributed by atoms with Crippen molar-refractivity contribution in [3.8, 4) is 0 Å². The summed E-state index contributed by atoms with van der Waals surface area (Å²) in [4.78, 5) is 14.7. The molecule has 0 N–H and O–H groups in total. The summed E-state index contributed by atoms with van der Waals surface area (Å²) >= 11 is 6.11. The van der Waals surface area contributed by atoms with E-state index >= 15 is 0 Å². The van der Waals surface area contributed by atoms with Gasteiger partial charge in [-0.05, 0) is 42.2 Å². The van der Waals surface area contributed by atoms with E-state index in [4.69, 9.17) is 11.6 Å². The van der Waals surface area contributed by atoms with Crippen LogP contribution in [-0.2, 0) is 17.9 Å². The number of aromatic nitrogens is 1. The highest BCUT2D eigenvalue weighted by Crippen LogP contribution is 2.28. The van der Waals surface area contributed by atoms with Crippen LogP contribution in [0, 0.1) is 5.92 Å². The average Bonchev–Trinajstić information content (AvgIpc) is 3.32. The Kier molecular flexibility index (Phi) is 7.17. The lowest BCUT2D eigenvalue weighted by Crippen LogP contribution is -2.31. The van der Waals surface area contributed by atoms with Crippen LogP contribution in [-0.4, -0.2) is 21.9 Å². The number of carbonyl (C=O) groups is 1. The third kappa shape index (κ3) is 5.74. The molecule has 0 atom stereocenters. The molecule has 27 heavy (non-hydrogen) atoms. The third-order valence-corrected chi connectivity index (χ3v) is 5.70. The molecule has 1 amide bonds. The van der Waals surface area contributed by atoms with Crippen LogP contribution in [0.1, 0.15) is 49.8 Å². The number of benzene rings is 1. The Labute approximate surface area is 167 Å². The van der Waals surface area contributed by atoms with Crippen LogP contribution in [0.25, 0.3) is 0 Å². The second-order valence-electron chi connectivity index (χ2n) is 7.51. The third-order valence-electron chi connectivity index (χ3n) is 5.46. The lowest BCUT2D eigenvalue weighted by atomic mass is 10.0. The molecule has 1 aromatic carbocycles. The van der Waals surface area contributed by atoms with E-state index < -0.39 is 0 Å². The standard InChI is InChI=1S/C23H29ClN2O/c1-2-14-26(23(27)13-12-19-7-3-4-8-19)18-22-11-6-15-25(22)17-20-9-5-10-21(24)16-20/h2,5-6,9-11,15-16,19H,1,3-4,7-8,12-14,17-18H2. The predicted molar refractivity (Wildman–Crippen MR) is 112 cm³/mol. The number of amides is 1. The molecule has 2 aromatic rings. The van der Waals surface area contributed by atoms with Crippen molar-refractivity contribution in [2.75, 3.05) is 6.54 Å². The number of halogens is 1. The normalized spacial score (nSPS) is 14.4.